The van der Waals surface area contributed by atoms with Gasteiger partial charge in [0.05, 0.1) is 0 Å². The zero-order valence-electron chi connectivity index (χ0n) is 15.1. The summed E-state index contributed by atoms with van der Waals surface area (Å²) >= 11 is 6.17. The van der Waals surface area contributed by atoms with Gasteiger partial charge in [-0.3, -0.25) is 0 Å². The smallest absolute Gasteiger partial charge is 0.0406 e. The molecular formula is C22H27ClN2. The molecule has 2 aromatic carbocycles. The Bertz CT molecular complexity index is 709. The third-order valence-corrected chi connectivity index (χ3v) is 5.43. The van der Waals surface area contributed by atoms with Crippen LogP contribution >= 0.6 is 11.6 Å². The van der Waals surface area contributed by atoms with Crippen LogP contribution in [0.5, 0.6) is 0 Å². The quantitative estimate of drug-likeness (QED) is 0.762. The lowest BCUT2D eigenvalue weighted by atomic mass is 9.67. The molecule has 0 radical (unpaired) electrons. The Kier molecular flexibility index (Phi) is 5.95. The number of rotatable bonds is 6. The van der Waals surface area contributed by atoms with Gasteiger partial charge in [0, 0.05) is 23.5 Å². The van der Waals surface area contributed by atoms with Gasteiger partial charge in [-0.1, -0.05) is 60.1 Å². The van der Waals surface area contributed by atoms with Crippen molar-refractivity contribution in [2.45, 2.75) is 18.3 Å². The average molecular weight is 355 g/mol. The fourth-order valence-corrected chi connectivity index (χ4v) is 4.13. The second-order valence-corrected chi connectivity index (χ2v) is 7.41. The van der Waals surface area contributed by atoms with Crippen molar-refractivity contribution < 1.29 is 0 Å². The molecule has 25 heavy (non-hydrogen) atoms. The predicted molar refractivity (Wildman–Crippen MR) is 108 cm³/mol. The molecule has 132 valence electrons. The molecule has 1 N–H and O–H groups in total. The Morgan fingerprint density at radius 2 is 1.80 bits per heavy atom. The molecule has 1 unspecified atom stereocenters. The first-order valence-electron chi connectivity index (χ1n) is 9.01. The number of benzene rings is 2. The summed E-state index contributed by atoms with van der Waals surface area (Å²) < 4.78 is 0. The van der Waals surface area contributed by atoms with Crippen molar-refractivity contribution in [2.75, 3.05) is 33.7 Å². The molecule has 0 fully saturated rings. The molecule has 3 rings (SSSR count). The van der Waals surface area contributed by atoms with Crippen LogP contribution < -0.4 is 5.32 Å². The van der Waals surface area contributed by atoms with Crippen molar-refractivity contribution in [1.82, 2.24) is 10.2 Å². The van der Waals surface area contributed by atoms with E-state index >= 15 is 0 Å². The summed E-state index contributed by atoms with van der Waals surface area (Å²) in [5.41, 5.74) is 4.13. The van der Waals surface area contributed by atoms with Crippen LogP contribution in [0, 0.1) is 0 Å². The molecular weight excluding hydrogens is 328 g/mol. The number of likely N-dealkylation sites (N-methyl/N-ethyl adjacent to an activating group) is 1. The van der Waals surface area contributed by atoms with Crippen LogP contribution in [0.15, 0.2) is 60.7 Å². The molecule has 1 aliphatic rings. The van der Waals surface area contributed by atoms with Crippen LogP contribution in [0.4, 0.5) is 0 Å². The van der Waals surface area contributed by atoms with E-state index in [-0.39, 0.29) is 5.41 Å². The van der Waals surface area contributed by atoms with Crippen molar-refractivity contribution in [1.29, 1.82) is 0 Å². The summed E-state index contributed by atoms with van der Waals surface area (Å²) in [6.07, 6.45) is 4.66. The van der Waals surface area contributed by atoms with Gasteiger partial charge in [-0.25, -0.2) is 0 Å². The van der Waals surface area contributed by atoms with E-state index in [1.807, 2.05) is 19.2 Å². The van der Waals surface area contributed by atoms with E-state index in [1.165, 1.54) is 16.7 Å². The van der Waals surface area contributed by atoms with Crippen molar-refractivity contribution in [3.05, 3.63) is 76.8 Å². The van der Waals surface area contributed by atoms with Gasteiger partial charge in [-0.15, -0.1) is 0 Å². The minimum Gasteiger partial charge on any atom is -0.320 e. The average Bonchev–Trinajstić information content (AvgIpc) is 2.63. The van der Waals surface area contributed by atoms with Crippen LogP contribution in [0.1, 0.15) is 24.0 Å². The Hall–Kier alpha value is -1.61. The normalized spacial score (nSPS) is 21.2. The number of nitrogens with zero attached hydrogens (tertiary/aromatic N) is 1. The second-order valence-electron chi connectivity index (χ2n) is 6.98. The standard InChI is InChI=1S/C22H27ClN2/c1-24-15-6-14-22(19-9-11-20(23)12-10-19)17-25(2)16-13-21(22)18-7-4-3-5-8-18/h3-5,7-13,24H,6,14-17H2,1-2H3. The first kappa shape index (κ1) is 18.2. The lowest BCUT2D eigenvalue weighted by molar-refractivity contribution is 0.276. The zero-order valence-corrected chi connectivity index (χ0v) is 15.9. The number of hydrogen-bond donors (Lipinski definition) is 1. The van der Waals surface area contributed by atoms with E-state index < -0.39 is 0 Å². The Morgan fingerprint density at radius 3 is 2.48 bits per heavy atom. The second kappa shape index (κ2) is 8.18. The summed E-state index contributed by atoms with van der Waals surface area (Å²) in [4.78, 5) is 2.42. The molecule has 0 saturated carbocycles. The van der Waals surface area contributed by atoms with Gasteiger partial charge in [-0.2, -0.15) is 0 Å². The van der Waals surface area contributed by atoms with Crippen LogP contribution in [-0.2, 0) is 5.41 Å². The van der Waals surface area contributed by atoms with Gasteiger partial charge in [0.15, 0.2) is 0 Å². The molecule has 1 aliphatic heterocycles. The van der Waals surface area contributed by atoms with Crippen LogP contribution in [0.3, 0.4) is 0 Å². The minimum absolute atomic E-state index is 0.00417. The molecule has 1 heterocycles. The van der Waals surface area contributed by atoms with Gasteiger partial charge < -0.3 is 10.2 Å². The van der Waals surface area contributed by atoms with Gasteiger partial charge in [0.1, 0.15) is 0 Å². The number of hydrogen-bond acceptors (Lipinski definition) is 2. The lowest BCUT2D eigenvalue weighted by Crippen LogP contribution is -2.44. The molecule has 2 nitrogen and oxygen atoms in total. The minimum atomic E-state index is -0.00417. The molecule has 0 bridgehead atoms. The number of nitrogens with one attached hydrogen (secondary N) is 1. The highest BCUT2D eigenvalue weighted by Gasteiger charge is 2.39. The fraction of sp³-hybridized carbons (Fsp3) is 0.364. The first-order chi connectivity index (χ1) is 12.2. The molecule has 2 aromatic rings. The van der Waals surface area contributed by atoms with Crippen LogP contribution in [-0.4, -0.2) is 38.6 Å². The van der Waals surface area contributed by atoms with Gasteiger partial charge in [-0.05, 0) is 62.3 Å². The summed E-state index contributed by atoms with van der Waals surface area (Å²) in [5, 5.41) is 4.09. The molecule has 0 spiro atoms. The van der Waals surface area contributed by atoms with Crippen molar-refractivity contribution in [3.8, 4) is 0 Å². The monoisotopic (exact) mass is 354 g/mol. The molecule has 0 aliphatic carbocycles. The Morgan fingerprint density at radius 1 is 1.08 bits per heavy atom. The summed E-state index contributed by atoms with van der Waals surface area (Å²) in [6.45, 7) is 3.05. The highest BCUT2D eigenvalue weighted by atomic mass is 35.5. The Balaban J connectivity index is 2.10. The van der Waals surface area contributed by atoms with E-state index in [0.29, 0.717) is 0 Å². The Labute approximate surface area is 156 Å². The van der Waals surface area contributed by atoms with Crippen LogP contribution in [0.25, 0.3) is 5.57 Å². The summed E-state index contributed by atoms with van der Waals surface area (Å²) in [5.74, 6) is 0. The molecule has 1 atom stereocenters. The van der Waals surface area contributed by atoms with Gasteiger partial charge in [0.25, 0.3) is 0 Å². The highest BCUT2D eigenvalue weighted by Crippen LogP contribution is 2.45. The zero-order chi connectivity index (χ0) is 17.7. The maximum atomic E-state index is 6.17. The van der Waals surface area contributed by atoms with E-state index in [2.05, 4.69) is 65.8 Å². The van der Waals surface area contributed by atoms with E-state index in [1.54, 1.807) is 0 Å². The topological polar surface area (TPSA) is 15.3 Å². The van der Waals surface area contributed by atoms with E-state index in [9.17, 15) is 0 Å². The van der Waals surface area contributed by atoms with Crippen molar-refractivity contribution in [2.24, 2.45) is 0 Å². The maximum Gasteiger partial charge on any atom is 0.0406 e. The van der Waals surface area contributed by atoms with E-state index in [0.717, 1.165) is 37.5 Å². The number of halogens is 1. The highest BCUT2D eigenvalue weighted by molar-refractivity contribution is 6.30. The fourth-order valence-electron chi connectivity index (χ4n) is 4.01. The predicted octanol–water partition coefficient (Wildman–Crippen LogP) is 4.61. The molecule has 0 aromatic heterocycles. The largest absolute Gasteiger partial charge is 0.320 e. The first-order valence-corrected chi connectivity index (χ1v) is 9.39. The third-order valence-electron chi connectivity index (χ3n) is 5.17. The molecule has 0 amide bonds. The summed E-state index contributed by atoms with van der Waals surface area (Å²) in [6, 6.07) is 19.3. The summed E-state index contributed by atoms with van der Waals surface area (Å²) in [7, 11) is 4.23. The maximum absolute atomic E-state index is 6.17. The third kappa shape index (κ3) is 3.98. The lowest BCUT2D eigenvalue weighted by Gasteiger charge is -2.43. The van der Waals surface area contributed by atoms with Gasteiger partial charge >= 0.3 is 0 Å². The SMILES string of the molecule is CNCCCC1(c2ccc(Cl)cc2)CN(C)CC=C1c1ccccc1. The van der Waals surface area contributed by atoms with Crippen molar-refractivity contribution in [3.63, 3.8) is 0 Å². The molecule has 3 heteroatoms. The van der Waals surface area contributed by atoms with Gasteiger partial charge in [0.2, 0.25) is 0 Å². The molecule has 0 saturated heterocycles. The van der Waals surface area contributed by atoms with Crippen molar-refractivity contribution >= 4 is 17.2 Å². The van der Waals surface area contributed by atoms with Crippen LogP contribution in [0.2, 0.25) is 5.02 Å². The van der Waals surface area contributed by atoms with E-state index in [4.69, 9.17) is 11.6 Å².